The van der Waals surface area contributed by atoms with Crippen LogP contribution in [0.25, 0.3) is 0 Å². The van der Waals surface area contributed by atoms with Crippen molar-refractivity contribution in [1.29, 1.82) is 0 Å². The van der Waals surface area contributed by atoms with Gasteiger partial charge in [0.1, 0.15) is 0 Å². The van der Waals surface area contributed by atoms with Gasteiger partial charge < -0.3 is 4.90 Å². The maximum atomic E-state index is 11.8. The highest BCUT2D eigenvalue weighted by Crippen LogP contribution is 2.23. The van der Waals surface area contributed by atoms with E-state index in [4.69, 9.17) is 0 Å². The van der Waals surface area contributed by atoms with Crippen molar-refractivity contribution >= 4 is 15.7 Å². The molecule has 0 aliphatic carbocycles. The van der Waals surface area contributed by atoms with Crippen LogP contribution in [0.1, 0.15) is 18.3 Å². The summed E-state index contributed by atoms with van der Waals surface area (Å²) in [5.41, 5.74) is 3.13. The summed E-state index contributed by atoms with van der Waals surface area (Å²) >= 11 is 0. The standard InChI is InChI=1S/C11H20N4O2S/c1-4-18(16,17)15-7-5-14(6-8-15)11-9(2)12-13-10(11)3/h4-8H2,1-3H3,(H,12,13). The Bertz CT molecular complexity index is 496. The summed E-state index contributed by atoms with van der Waals surface area (Å²) in [4.78, 5) is 2.20. The van der Waals surface area contributed by atoms with Gasteiger partial charge in [-0.1, -0.05) is 0 Å². The second-order valence-electron chi connectivity index (χ2n) is 4.57. The number of nitrogens with zero attached hydrogens (tertiary/aromatic N) is 3. The summed E-state index contributed by atoms with van der Waals surface area (Å²) < 4.78 is 25.1. The van der Waals surface area contributed by atoms with E-state index in [1.807, 2.05) is 13.8 Å². The summed E-state index contributed by atoms with van der Waals surface area (Å²) in [5.74, 6) is 0.177. The van der Waals surface area contributed by atoms with Crippen LogP contribution in [0.5, 0.6) is 0 Å². The molecule has 0 bridgehead atoms. The number of rotatable bonds is 3. The molecule has 2 heterocycles. The molecule has 1 aliphatic heterocycles. The first-order valence-corrected chi connectivity index (χ1v) is 7.81. The number of sulfonamides is 1. The molecule has 2 rings (SSSR count). The van der Waals surface area contributed by atoms with Crippen molar-refractivity contribution in [3.63, 3.8) is 0 Å². The van der Waals surface area contributed by atoms with E-state index < -0.39 is 10.0 Å². The van der Waals surface area contributed by atoms with Crippen LogP contribution < -0.4 is 4.90 Å². The van der Waals surface area contributed by atoms with Gasteiger partial charge in [-0.3, -0.25) is 5.10 Å². The van der Waals surface area contributed by atoms with E-state index in [1.165, 1.54) is 0 Å². The number of aromatic nitrogens is 2. The molecule has 18 heavy (non-hydrogen) atoms. The lowest BCUT2D eigenvalue weighted by Crippen LogP contribution is -2.49. The van der Waals surface area contributed by atoms with Gasteiger partial charge in [-0.25, -0.2) is 8.42 Å². The molecular formula is C11H20N4O2S. The normalized spacial score (nSPS) is 18.3. The lowest BCUT2D eigenvalue weighted by Gasteiger charge is -2.35. The van der Waals surface area contributed by atoms with Crippen LogP contribution in [-0.2, 0) is 10.0 Å². The largest absolute Gasteiger partial charge is 0.366 e. The minimum Gasteiger partial charge on any atom is -0.366 e. The van der Waals surface area contributed by atoms with Gasteiger partial charge in [0.25, 0.3) is 0 Å². The molecule has 0 atom stereocenters. The van der Waals surface area contributed by atoms with Crippen LogP contribution in [0.3, 0.4) is 0 Å². The van der Waals surface area contributed by atoms with E-state index in [0.717, 1.165) is 30.2 Å². The smallest absolute Gasteiger partial charge is 0.213 e. The summed E-state index contributed by atoms with van der Waals surface area (Å²) in [5, 5.41) is 7.14. The molecule has 1 aromatic rings. The summed E-state index contributed by atoms with van der Waals surface area (Å²) in [7, 11) is -3.05. The van der Waals surface area contributed by atoms with Gasteiger partial charge in [0.15, 0.2) is 0 Å². The second kappa shape index (κ2) is 4.89. The van der Waals surface area contributed by atoms with E-state index in [9.17, 15) is 8.42 Å². The highest BCUT2D eigenvalue weighted by Gasteiger charge is 2.27. The zero-order valence-corrected chi connectivity index (χ0v) is 11.9. The number of aryl methyl sites for hydroxylation is 2. The van der Waals surface area contributed by atoms with Crippen LogP contribution in [0, 0.1) is 13.8 Å². The van der Waals surface area contributed by atoms with Gasteiger partial charge in [-0.15, -0.1) is 0 Å². The maximum Gasteiger partial charge on any atom is 0.213 e. The molecule has 1 N–H and O–H groups in total. The van der Waals surface area contributed by atoms with E-state index in [1.54, 1.807) is 11.2 Å². The Balaban J connectivity index is 2.08. The lowest BCUT2D eigenvalue weighted by molar-refractivity contribution is 0.385. The molecule has 6 nitrogen and oxygen atoms in total. The van der Waals surface area contributed by atoms with Crippen LogP contribution >= 0.6 is 0 Å². The van der Waals surface area contributed by atoms with Crippen LogP contribution in [0.15, 0.2) is 0 Å². The Morgan fingerprint density at radius 1 is 1.22 bits per heavy atom. The number of hydrogen-bond acceptors (Lipinski definition) is 4. The van der Waals surface area contributed by atoms with Gasteiger partial charge in [-0.05, 0) is 20.8 Å². The predicted octanol–water partition coefficient (Wildman–Crippen LogP) is 0.498. The Kier molecular flexibility index (Phi) is 3.63. The van der Waals surface area contributed by atoms with Crippen molar-refractivity contribution in [1.82, 2.24) is 14.5 Å². The third kappa shape index (κ3) is 2.37. The maximum absolute atomic E-state index is 11.8. The topological polar surface area (TPSA) is 69.3 Å². The van der Waals surface area contributed by atoms with E-state index in [2.05, 4.69) is 15.1 Å². The summed E-state index contributed by atoms with van der Waals surface area (Å²) in [6, 6.07) is 0. The number of hydrogen-bond donors (Lipinski definition) is 1. The third-order valence-corrected chi connectivity index (χ3v) is 5.28. The quantitative estimate of drug-likeness (QED) is 0.870. The zero-order valence-electron chi connectivity index (χ0n) is 11.1. The Labute approximate surface area is 108 Å². The first kappa shape index (κ1) is 13.4. The molecule has 1 saturated heterocycles. The van der Waals surface area contributed by atoms with E-state index in [-0.39, 0.29) is 5.75 Å². The van der Waals surface area contributed by atoms with Crippen molar-refractivity contribution in [3.05, 3.63) is 11.4 Å². The molecule has 1 aliphatic rings. The Hall–Kier alpha value is -1.08. The highest BCUT2D eigenvalue weighted by atomic mass is 32.2. The number of H-pyrrole nitrogens is 1. The van der Waals surface area contributed by atoms with Crippen molar-refractivity contribution in [2.45, 2.75) is 20.8 Å². The van der Waals surface area contributed by atoms with Crippen molar-refractivity contribution in [2.24, 2.45) is 0 Å². The minimum atomic E-state index is -3.05. The summed E-state index contributed by atoms with van der Waals surface area (Å²) in [6.07, 6.45) is 0. The Morgan fingerprint density at radius 3 is 2.28 bits per heavy atom. The third-order valence-electron chi connectivity index (χ3n) is 3.40. The average molecular weight is 272 g/mol. The Morgan fingerprint density at radius 2 is 1.83 bits per heavy atom. The number of anilines is 1. The molecule has 7 heteroatoms. The molecule has 0 radical (unpaired) electrons. The molecule has 1 aromatic heterocycles. The minimum absolute atomic E-state index is 0.177. The molecule has 0 unspecified atom stereocenters. The molecule has 1 fully saturated rings. The van der Waals surface area contributed by atoms with Gasteiger partial charge in [-0.2, -0.15) is 9.40 Å². The predicted molar refractivity (Wildman–Crippen MR) is 71.3 cm³/mol. The molecular weight excluding hydrogens is 252 g/mol. The van der Waals surface area contributed by atoms with Crippen LogP contribution in [0.2, 0.25) is 0 Å². The monoisotopic (exact) mass is 272 g/mol. The lowest BCUT2D eigenvalue weighted by atomic mass is 10.2. The molecule has 0 spiro atoms. The van der Waals surface area contributed by atoms with Crippen molar-refractivity contribution in [2.75, 3.05) is 36.8 Å². The fourth-order valence-electron chi connectivity index (χ4n) is 2.38. The van der Waals surface area contributed by atoms with Crippen LogP contribution in [-0.4, -0.2) is 54.9 Å². The number of nitrogens with one attached hydrogen (secondary N) is 1. The SMILES string of the molecule is CCS(=O)(=O)N1CCN(c2c(C)n[nH]c2C)CC1. The van der Waals surface area contributed by atoms with Crippen molar-refractivity contribution < 1.29 is 8.42 Å². The van der Waals surface area contributed by atoms with Crippen molar-refractivity contribution in [3.8, 4) is 0 Å². The highest BCUT2D eigenvalue weighted by molar-refractivity contribution is 7.89. The zero-order chi connectivity index (χ0) is 13.3. The van der Waals surface area contributed by atoms with E-state index in [0.29, 0.717) is 13.1 Å². The van der Waals surface area contributed by atoms with Gasteiger partial charge >= 0.3 is 0 Å². The fraction of sp³-hybridized carbons (Fsp3) is 0.727. The summed E-state index contributed by atoms with van der Waals surface area (Å²) in [6.45, 7) is 8.20. The molecule has 0 aromatic carbocycles. The fourth-order valence-corrected chi connectivity index (χ4v) is 3.47. The molecule has 0 saturated carbocycles. The second-order valence-corrected chi connectivity index (χ2v) is 6.83. The van der Waals surface area contributed by atoms with Gasteiger partial charge in [0.05, 0.1) is 22.8 Å². The van der Waals surface area contributed by atoms with Gasteiger partial charge in [0, 0.05) is 26.2 Å². The van der Waals surface area contributed by atoms with Crippen LogP contribution in [0.4, 0.5) is 5.69 Å². The average Bonchev–Trinajstić information content (AvgIpc) is 2.69. The number of piperazine rings is 1. The first-order valence-electron chi connectivity index (χ1n) is 6.20. The van der Waals surface area contributed by atoms with Gasteiger partial charge in [0.2, 0.25) is 10.0 Å². The number of aromatic amines is 1. The molecule has 102 valence electrons. The first-order chi connectivity index (χ1) is 8.45. The van der Waals surface area contributed by atoms with E-state index >= 15 is 0 Å². The molecule has 0 amide bonds.